The maximum Gasteiger partial charge on any atom is 0.0507 e. The van der Waals surface area contributed by atoms with E-state index in [1.165, 1.54) is 16.4 Å². The van der Waals surface area contributed by atoms with Crippen molar-refractivity contribution in [2.45, 2.75) is 13.3 Å². The van der Waals surface area contributed by atoms with Gasteiger partial charge < -0.3 is 0 Å². The van der Waals surface area contributed by atoms with Gasteiger partial charge in [-0.05, 0) is 18.1 Å². The van der Waals surface area contributed by atoms with E-state index in [0.717, 1.165) is 0 Å². The predicted molar refractivity (Wildman–Crippen MR) is 38.8 cm³/mol. The molecule has 0 saturated carbocycles. The number of rotatable bonds is 0. The standard InChI is InChI=1S/C5H8S2/c1-4-2-3-7-5(4)6/h4H,2-3H2,1H3. The van der Waals surface area contributed by atoms with Gasteiger partial charge in [-0.2, -0.15) is 0 Å². The molecule has 2 heteroatoms. The second-order valence-corrected chi connectivity index (χ2v) is 3.69. The molecule has 40 valence electrons. The largest absolute Gasteiger partial charge is 0.119 e. The van der Waals surface area contributed by atoms with Crippen molar-refractivity contribution in [1.29, 1.82) is 0 Å². The summed E-state index contributed by atoms with van der Waals surface area (Å²) in [5.74, 6) is 1.96. The summed E-state index contributed by atoms with van der Waals surface area (Å²) in [5, 5.41) is 0. The third-order valence-corrected chi connectivity index (χ3v) is 3.08. The molecular formula is C5H8S2. The van der Waals surface area contributed by atoms with Gasteiger partial charge in [0.1, 0.15) is 0 Å². The normalized spacial score (nSPS) is 31.6. The fourth-order valence-corrected chi connectivity index (χ4v) is 2.04. The molecule has 0 N–H and O–H groups in total. The minimum absolute atomic E-state index is 0.708. The van der Waals surface area contributed by atoms with Gasteiger partial charge in [-0.25, -0.2) is 0 Å². The van der Waals surface area contributed by atoms with Crippen molar-refractivity contribution in [1.82, 2.24) is 0 Å². The van der Waals surface area contributed by atoms with E-state index in [0.29, 0.717) is 5.92 Å². The first kappa shape index (κ1) is 5.57. The lowest BCUT2D eigenvalue weighted by Crippen LogP contribution is -1.92. The summed E-state index contributed by atoms with van der Waals surface area (Å²) in [6.45, 7) is 2.20. The Morgan fingerprint density at radius 2 is 2.57 bits per heavy atom. The van der Waals surface area contributed by atoms with E-state index in [9.17, 15) is 0 Å². The second kappa shape index (κ2) is 2.14. The Morgan fingerprint density at radius 1 is 1.86 bits per heavy atom. The summed E-state index contributed by atoms with van der Waals surface area (Å²) in [6, 6.07) is 0. The minimum atomic E-state index is 0.708. The minimum Gasteiger partial charge on any atom is -0.119 e. The topological polar surface area (TPSA) is 0 Å². The summed E-state index contributed by atoms with van der Waals surface area (Å²) in [4.78, 5) is 0. The fraction of sp³-hybridized carbons (Fsp3) is 0.800. The van der Waals surface area contributed by atoms with Gasteiger partial charge >= 0.3 is 0 Å². The zero-order valence-corrected chi connectivity index (χ0v) is 5.94. The Balaban J connectivity index is 2.48. The van der Waals surface area contributed by atoms with E-state index in [2.05, 4.69) is 6.92 Å². The molecule has 7 heavy (non-hydrogen) atoms. The first-order valence-corrected chi connectivity index (χ1v) is 3.87. The van der Waals surface area contributed by atoms with Gasteiger partial charge in [-0.15, -0.1) is 11.8 Å². The molecule has 0 amide bonds. The summed E-state index contributed by atoms with van der Waals surface area (Å²) in [7, 11) is 0. The zero-order chi connectivity index (χ0) is 5.28. The van der Waals surface area contributed by atoms with Crippen LogP contribution in [0.4, 0.5) is 0 Å². The molecule has 1 rings (SSSR count). The van der Waals surface area contributed by atoms with Crippen molar-refractivity contribution in [3.8, 4) is 0 Å². The maximum atomic E-state index is 5.00. The second-order valence-electron chi connectivity index (χ2n) is 1.86. The van der Waals surface area contributed by atoms with Gasteiger partial charge in [-0.1, -0.05) is 19.1 Å². The highest BCUT2D eigenvalue weighted by Crippen LogP contribution is 2.25. The molecule has 1 unspecified atom stereocenters. The van der Waals surface area contributed by atoms with Crippen molar-refractivity contribution >= 4 is 28.2 Å². The lowest BCUT2D eigenvalue weighted by atomic mass is 10.2. The maximum absolute atomic E-state index is 5.00. The number of hydrogen-bond acceptors (Lipinski definition) is 2. The Labute approximate surface area is 53.7 Å². The monoisotopic (exact) mass is 132 g/mol. The zero-order valence-electron chi connectivity index (χ0n) is 4.31. The van der Waals surface area contributed by atoms with E-state index >= 15 is 0 Å². The smallest absolute Gasteiger partial charge is 0.0507 e. The van der Waals surface area contributed by atoms with Crippen LogP contribution in [0, 0.1) is 5.92 Å². The van der Waals surface area contributed by atoms with Crippen LogP contribution in [0.1, 0.15) is 13.3 Å². The predicted octanol–water partition coefficient (Wildman–Crippen LogP) is 2.09. The van der Waals surface area contributed by atoms with E-state index in [1.54, 1.807) is 0 Å². The third kappa shape index (κ3) is 1.16. The van der Waals surface area contributed by atoms with Gasteiger partial charge in [-0.3, -0.25) is 0 Å². The molecule has 1 heterocycles. The third-order valence-electron chi connectivity index (χ3n) is 1.20. The van der Waals surface area contributed by atoms with Crippen LogP contribution in [-0.2, 0) is 0 Å². The van der Waals surface area contributed by atoms with Crippen LogP contribution in [0.5, 0.6) is 0 Å². The van der Waals surface area contributed by atoms with Crippen molar-refractivity contribution in [3.63, 3.8) is 0 Å². The van der Waals surface area contributed by atoms with E-state index < -0.39 is 0 Å². The average Bonchev–Trinajstić information content (AvgIpc) is 1.91. The number of hydrogen-bond donors (Lipinski definition) is 0. The molecule has 0 bridgehead atoms. The number of thioether (sulfide) groups is 1. The fourth-order valence-electron chi connectivity index (χ4n) is 0.596. The molecule has 1 saturated heterocycles. The van der Waals surface area contributed by atoms with Crippen LogP contribution in [-0.4, -0.2) is 9.95 Å². The Hall–Kier alpha value is 0.440. The Kier molecular flexibility index (Phi) is 1.70. The summed E-state index contributed by atoms with van der Waals surface area (Å²) in [5.41, 5.74) is 0. The Morgan fingerprint density at radius 3 is 2.71 bits per heavy atom. The van der Waals surface area contributed by atoms with Gasteiger partial charge in [0.15, 0.2) is 0 Å². The van der Waals surface area contributed by atoms with Crippen molar-refractivity contribution in [3.05, 3.63) is 0 Å². The number of thiocarbonyl (C=S) groups is 1. The quantitative estimate of drug-likeness (QED) is 0.463. The molecule has 0 spiro atoms. The molecule has 1 fully saturated rings. The summed E-state index contributed by atoms with van der Waals surface area (Å²) in [6.07, 6.45) is 1.30. The van der Waals surface area contributed by atoms with Crippen LogP contribution in [0.15, 0.2) is 0 Å². The molecule has 0 radical (unpaired) electrons. The molecule has 0 nitrogen and oxygen atoms in total. The summed E-state index contributed by atoms with van der Waals surface area (Å²) < 4.78 is 1.21. The van der Waals surface area contributed by atoms with E-state index in [-0.39, 0.29) is 0 Å². The van der Waals surface area contributed by atoms with Crippen LogP contribution in [0.3, 0.4) is 0 Å². The van der Waals surface area contributed by atoms with Crippen LogP contribution in [0.2, 0.25) is 0 Å². The average molecular weight is 132 g/mol. The van der Waals surface area contributed by atoms with Gasteiger partial charge in [0.2, 0.25) is 0 Å². The SMILES string of the molecule is CC1CCSC1=S. The molecule has 1 atom stereocenters. The molecule has 0 aromatic heterocycles. The first-order chi connectivity index (χ1) is 3.30. The first-order valence-electron chi connectivity index (χ1n) is 2.47. The van der Waals surface area contributed by atoms with E-state index in [1.807, 2.05) is 11.8 Å². The van der Waals surface area contributed by atoms with Crippen LogP contribution >= 0.6 is 24.0 Å². The highest BCUT2D eigenvalue weighted by molar-refractivity contribution is 8.23. The van der Waals surface area contributed by atoms with Gasteiger partial charge in [0.05, 0.1) is 4.20 Å². The van der Waals surface area contributed by atoms with Crippen LogP contribution < -0.4 is 0 Å². The van der Waals surface area contributed by atoms with Crippen molar-refractivity contribution < 1.29 is 0 Å². The van der Waals surface area contributed by atoms with Crippen molar-refractivity contribution in [2.24, 2.45) is 5.92 Å². The van der Waals surface area contributed by atoms with Gasteiger partial charge in [0.25, 0.3) is 0 Å². The highest BCUT2D eigenvalue weighted by atomic mass is 32.2. The molecule has 0 aromatic carbocycles. The van der Waals surface area contributed by atoms with Gasteiger partial charge in [0, 0.05) is 0 Å². The highest BCUT2D eigenvalue weighted by Gasteiger charge is 2.15. The molecule has 1 aliphatic rings. The van der Waals surface area contributed by atoms with Crippen LogP contribution in [0.25, 0.3) is 0 Å². The molecule has 0 aliphatic carbocycles. The molecule has 0 aromatic rings. The lowest BCUT2D eigenvalue weighted by Gasteiger charge is -1.93. The lowest BCUT2D eigenvalue weighted by molar-refractivity contribution is 0.783. The molecular weight excluding hydrogens is 124 g/mol. The van der Waals surface area contributed by atoms with Crippen molar-refractivity contribution in [2.75, 3.05) is 5.75 Å². The Bertz CT molecular complexity index is 88.1. The summed E-state index contributed by atoms with van der Waals surface area (Å²) >= 11 is 6.84. The molecule has 1 aliphatic heterocycles. The van der Waals surface area contributed by atoms with E-state index in [4.69, 9.17) is 12.2 Å².